The molecule has 3 rings (SSSR count). The van der Waals surface area contributed by atoms with Gasteiger partial charge in [0.1, 0.15) is 5.76 Å². The van der Waals surface area contributed by atoms with Crippen molar-refractivity contribution in [3.05, 3.63) is 24.2 Å². The van der Waals surface area contributed by atoms with Gasteiger partial charge < -0.3 is 29.0 Å². The van der Waals surface area contributed by atoms with Gasteiger partial charge in [-0.1, -0.05) is 0 Å². The van der Waals surface area contributed by atoms with Crippen molar-refractivity contribution in [3.63, 3.8) is 0 Å². The molecular weight excluding hydrogens is 531 g/mol. The van der Waals surface area contributed by atoms with Crippen LogP contribution >= 0.6 is 24.0 Å². The second kappa shape index (κ2) is 16.7. The van der Waals surface area contributed by atoms with Crippen molar-refractivity contribution in [3.8, 4) is 0 Å². The van der Waals surface area contributed by atoms with Gasteiger partial charge in [-0.3, -0.25) is 4.99 Å². The summed E-state index contributed by atoms with van der Waals surface area (Å²) in [5.74, 6) is 2.89. The zero-order valence-electron chi connectivity index (χ0n) is 20.7. The predicted octanol–water partition coefficient (Wildman–Crippen LogP) is 4.03. The molecule has 2 saturated heterocycles. The van der Waals surface area contributed by atoms with Crippen molar-refractivity contribution in [1.29, 1.82) is 0 Å². The van der Waals surface area contributed by atoms with Crippen LogP contribution < -0.4 is 5.32 Å². The minimum Gasteiger partial charge on any atom is -0.469 e. The highest BCUT2D eigenvalue weighted by Crippen LogP contribution is 2.22. The molecule has 0 bridgehead atoms. The van der Waals surface area contributed by atoms with Gasteiger partial charge in [-0.15, -0.1) is 24.0 Å². The van der Waals surface area contributed by atoms with Crippen LogP contribution in [0.1, 0.15) is 50.7 Å². The number of piperidine rings is 1. The SMILES string of the molecule is COCCN(C)CCCC1CCN(C(=NCC2CCCCO2)NCCc2ccco2)CC1.I. The van der Waals surface area contributed by atoms with Crippen LogP contribution in [0.3, 0.4) is 0 Å². The summed E-state index contributed by atoms with van der Waals surface area (Å²) in [5.41, 5.74) is 0. The Hall–Kier alpha value is -0.840. The Labute approximate surface area is 217 Å². The first kappa shape index (κ1) is 28.4. The molecule has 0 saturated carbocycles. The van der Waals surface area contributed by atoms with Gasteiger partial charge >= 0.3 is 0 Å². The maximum absolute atomic E-state index is 5.90. The lowest BCUT2D eigenvalue weighted by molar-refractivity contribution is 0.0222. The maximum Gasteiger partial charge on any atom is 0.194 e. The van der Waals surface area contributed by atoms with Crippen molar-refractivity contribution in [2.45, 2.75) is 57.5 Å². The predicted molar refractivity (Wildman–Crippen MR) is 145 cm³/mol. The first-order valence-corrected chi connectivity index (χ1v) is 12.6. The topological polar surface area (TPSA) is 62.5 Å². The third-order valence-corrected chi connectivity index (χ3v) is 6.70. The van der Waals surface area contributed by atoms with E-state index >= 15 is 0 Å². The molecular formula is C25H45IN4O3. The Balaban J connectivity index is 0.00000385. The fraction of sp³-hybridized carbons (Fsp3) is 0.800. The Kier molecular flexibility index (Phi) is 14.4. The van der Waals surface area contributed by atoms with E-state index in [1.807, 2.05) is 12.1 Å². The molecule has 2 aliphatic heterocycles. The number of halogens is 1. The van der Waals surface area contributed by atoms with Crippen LogP contribution in [-0.4, -0.2) is 88.5 Å². The summed E-state index contributed by atoms with van der Waals surface area (Å²) in [6.07, 6.45) is 11.6. The quantitative estimate of drug-likeness (QED) is 0.231. The van der Waals surface area contributed by atoms with Crippen molar-refractivity contribution in [2.75, 3.05) is 66.6 Å². The van der Waals surface area contributed by atoms with Crippen molar-refractivity contribution in [1.82, 2.24) is 15.1 Å². The number of ether oxygens (including phenoxy) is 2. The second-order valence-corrected chi connectivity index (χ2v) is 9.28. The van der Waals surface area contributed by atoms with Gasteiger partial charge in [-0.05, 0) is 76.6 Å². The Morgan fingerprint density at radius 3 is 2.79 bits per heavy atom. The van der Waals surface area contributed by atoms with Crippen LogP contribution in [-0.2, 0) is 15.9 Å². The Morgan fingerprint density at radius 1 is 1.24 bits per heavy atom. The summed E-state index contributed by atoms with van der Waals surface area (Å²) >= 11 is 0. The smallest absolute Gasteiger partial charge is 0.194 e. The number of rotatable bonds is 12. The van der Waals surface area contributed by atoms with E-state index in [9.17, 15) is 0 Å². The number of likely N-dealkylation sites (N-methyl/N-ethyl adjacent to an activating group) is 1. The first-order valence-electron chi connectivity index (χ1n) is 12.6. The third-order valence-electron chi connectivity index (χ3n) is 6.70. The van der Waals surface area contributed by atoms with E-state index in [4.69, 9.17) is 18.9 Å². The number of hydrogen-bond donors (Lipinski definition) is 1. The normalized spacial score (nSPS) is 20.2. The highest BCUT2D eigenvalue weighted by Gasteiger charge is 2.22. The molecule has 33 heavy (non-hydrogen) atoms. The van der Waals surface area contributed by atoms with Crippen molar-refractivity contribution < 1.29 is 13.9 Å². The van der Waals surface area contributed by atoms with E-state index in [0.717, 1.165) is 83.0 Å². The maximum atomic E-state index is 5.90. The van der Waals surface area contributed by atoms with E-state index < -0.39 is 0 Å². The summed E-state index contributed by atoms with van der Waals surface area (Å²) in [6, 6.07) is 3.98. The fourth-order valence-corrected chi connectivity index (χ4v) is 4.60. The number of nitrogens with zero attached hydrogens (tertiary/aromatic N) is 3. The lowest BCUT2D eigenvalue weighted by atomic mass is 9.92. The van der Waals surface area contributed by atoms with Crippen molar-refractivity contribution >= 4 is 29.9 Å². The summed E-state index contributed by atoms with van der Waals surface area (Å²) in [4.78, 5) is 9.81. The molecule has 1 aromatic rings. The molecule has 0 spiro atoms. The van der Waals surface area contributed by atoms with Gasteiger partial charge in [0.15, 0.2) is 5.96 Å². The van der Waals surface area contributed by atoms with Gasteiger partial charge in [0.2, 0.25) is 0 Å². The first-order chi connectivity index (χ1) is 15.7. The lowest BCUT2D eigenvalue weighted by Gasteiger charge is -2.35. The number of aliphatic imine (C=N–C) groups is 1. The van der Waals surface area contributed by atoms with Gasteiger partial charge in [0, 0.05) is 46.3 Å². The Morgan fingerprint density at radius 2 is 2.09 bits per heavy atom. The number of likely N-dealkylation sites (tertiary alicyclic amines) is 1. The lowest BCUT2D eigenvalue weighted by Crippen LogP contribution is -2.46. The van der Waals surface area contributed by atoms with E-state index in [0.29, 0.717) is 0 Å². The molecule has 7 nitrogen and oxygen atoms in total. The molecule has 0 radical (unpaired) electrons. The van der Waals surface area contributed by atoms with Crippen LogP contribution in [0.25, 0.3) is 0 Å². The number of nitrogens with one attached hydrogen (secondary N) is 1. The van der Waals surface area contributed by atoms with E-state index in [1.165, 1.54) is 38.5 Å². The molecule has 8 heteroatoms. The van der Waals surface area contributed by atoms with Gasteiger partial charge in [-0.25, -0.2) is 0 Å². The molecule has 0 amide bonds. The minimum atomic E-state index is 0. The van der Waals surface area contributed by atoms with E-state index in [2.05, 4.69) is 22.2 Å². The molecule has 1 atom stereocenters. The Bertz CT molecular complexity index is 630. The van der Waals surface area contributed by atoms with Crippen LogP contribution in [0.4, 0.5) is 0 Å². The average Bonchev–Trinajstić information content (AvgIpc) is 3.35. The standard InChI is InChI=1S/C25H44N4O3.HI/c1-28(17-20-30-2)14-5-7-22-11-15-29(16-12-22)25(26-13-10-23-9-6-19-31-23)27-21-24-8-3-4-18-32-24;/h6,9,19,22,24H,3-5,7-8,10-18,20-21H2,1-2H3,(H,26,27);1H. The van der Waals surface area contributed by atoms with E-state index in [-0.39, 0.29) is 30.1 Å². The van der Waals surface area contributed by atoms with Gasteiger partial charge in [-0.2, -0.15) is 0 Å². The molecule has 190 valence electrons. The zero-order chi connectivity index (χ0) is 22.4. The van der Waals surface area contributed by atoms with E-state index in [1.54, 1.807) is 13.4 Å². The zero-order valence-corrected chi connectivity index (χ0v) is 23.0. The van der Waals surface area contributed by atoms with Gasteiger partial charge in [0.05, 0.1) is 25.5 Å². The number of furan rings is 1. The molecule has 0 aromatic carbocycles. The van der Waals surface area contributed by atoms with Crippen LogP contribution in [0.15, 0.2) is 27.8 Å². The van der Waals surface area contributed by atoms with Crippen molar-refractivity contribution in [2.24, 2.45) is 10.9 Å². The number of hydrogen-bond acceptors (Lipinski definition) is 5. The molecule has 3 heterocycles. The summed E-state index contributed by atoms with van der Waals surface area (Å²) in [6.45, 7) is 7.64. The second-order valence-electron chi connectivity index (χ2n) is 9.28. The molecule has 2 fully saturated rings. The third kappa shape index (κ3) is 11.0. The molecule has 1 unspecified atom stereocenters. The summed E-state index contributed by atoms with van der Waals surface area (Å²) in [7, 11) is 3.96. The molecule has 1 N–H and O–H groups in total. The molecule has 1 aromatic heterocycles. The highest BCUT2D eigenvalue weighted by molar-refractivity contribution is 14.0. The fourth-order valence-electron chi connectivity index (χ4n) is 4.60. The summed E-state index contributed by atoms with van der Waals surface area (Å²) in [5, 5.41) is 3.60. The molecule has 2 aliphatic rings. The van der Waals surface area contributed by atoms with Crippen LogP contribution in [0, 0.1) is 5.92 Å². The van der Waals surface area contributed by atoms with Gasteiger partial charge in [0.25, 0.3) is 0 Å². The van der Waals surface area contributed by atoms with Crippen LogP contribution in [0.2, 0.25) is 0 Å². The minimum absolute atomic E-state index is 0. The highest BCUT2D eigenvalue weighted by atomic mass is 127. The number of methoxy groups -OCH3 is 1. The average molecular weight is 577 g/mol. The monoisotopic (exact) mass is 576 g/mol. The van der Waals surface area contributed by atoms with Crippen LogP contribution in [0.5, 0.6) is 0 Å². The summed E-state index contributed by atoms with van der Waals surface area (Å²) < 4.78 is 16.6. The largest absolute Gasteiger partial charge is 0.469 e. The number of guanidine groups is 1. The molecule has 0 aliphatic carbocycles.